The second kappa shape index (κ2) is 6.90. The molecule has 2 heterocycles. The van der Waals surface area contributed by atoms with Gasteiger partial charge in [-0.1, -0.05) is 11.6 Å². The van der Waals surface area contributed by atoms with Gasteiger partial charge >= 0.3 is 0 Å². The first-order chi connectivity index (χ1) is 9.67. The van der Waals surface area contributed by atoms with E-state index in [0.717, 1.165) is 25.8 Å². The monoisotopic (exact) mass is 297 g/mol. The molecule has 5 nitrogen and oxygen atoms in total. The second-order valence-corrected chi connectivity index (χ2v) is 5.37. The highest BCUT2D eigenvalue weighted by molar-refractivity contribution is 6.33. The number of aliphatic hydroxyl groups excluding tert-OH is 1. The summed E-state index contributed by atoms with van der Waals surface area (Å²) in [4.78, 5) is 18.6. The number of piperidine rings is 1. The van der Waals surface area contributed by atoms with Crippen molar-refractivity contribution in [3.8, 4) is 0 Å². The van der Waals surface area contributed by atoms with Gasteiger partial charge in [-0.2, -0.15) is 0 Å². The molecule has 1 aliphatic rings. The van der Waals surface area contributed by atoms with E-state index < -0.39 is 0 Å². The van der Waals surface area contributed by atoms with Crippen LogP contribution in [-0.2, 0) is 0 Å². The molecule has 1 saturated heterocycles. The van der Waals surface area contributed by atoms with Gasteiger partial charge in [0.15, 0.2) is 0 Å². The summed E-state index contributed by atoms with van der Waals surface area (Å²) in [6.45, 7) is 0.817. The molecule has 0 radical (unpaired) electrons. The number of aliphatic hydroxyl groups is 1. The second-order valence-electron chi connectivity index (χ2n) is 4.96. The highest BCUT2D eigenvalue weighted by Crippen LogP contribution is 2.25. The molecule has 1 aliphatic heterocycles. The molecular weight excluding hydrogens is 278 g/mol. The van der Waals surface area contributed by atoms with Gasteiger partial charge in [-0.15, -0.1) is 0 Å². The number of carbonyl (C=O) groups excluding carboxylic acids is 1. The fourth-order valence-corrected chi connectivity index (χ4v) is 2.80. The Bertz CT molecular complexity index is 479. The molecule has 0 aliphatic carbocycles. The van der Waals surface area contributed by atoms with Crippen molar-refractivity contribution >= 4 is 23.3 Å². The van der Waals surface area contributed by atoms with E-state index in [0.29, 0.717) is 22.8 Å². The summed E-state index contributed by atoms with van der Waals surface area (Å²) in [5.74, 6) is 0.542. The number of hydrogen-bond acceptors (Lipinski definition) is 4. The fourth-order valence-electron chi connectivity index (χ4n) is 2.61. The number of pyridine rings is 1. The summed E-state index contributed by atoms with van der Waals surface area (Å²) in [6.07, 6.45) is 5.14. The van der Waals surface area contributed by atoms with E-state index in [4.69, 9.17) is 16.7 Å². The number of hydrogen-bond donors (Lipinski definition) is 2. The van der Waals surface area contributed by atoms with Crippen molar-refractivity contribution in [2.24, 2.45) is 0 Å². The van der Waals surface area contributed by atoms with Crippen LogP contribution >= 0.6 is 11.6 Å². The lowest BCUT2D eigenvalue weighted by Crippen LogP contribution is -2.44. The van der Waals surface area contributed by atoms with Gasteiger partial charge in [0.1, 0.15) is 5.82 Å². The van der Waals surface area contributed by atoms with E-state index in [1.807, 2.05) is 4.90 Å². The highest BCUT2D eigenvalue weighted by atomic mass is 35.5. The van der Waals surface area contributed by atoms with Gasteiger partial charge in [-0.05, 0) is 31.7 Å². The van der Waals surface area contributed by atoms with Crippen LogP contribution in [0.5, 0.6) is 0 Å². The number of likely N-dealkylation sites (tertiary alicyclic amines) is 1. The van der Waals surface area contributed by atoms with Crippen molar-refractivity contribution in [2.75, 3.05) is 25.5 Å². The normalized spacial score (nSPS) is 18.9. The average Bonchev–Trinajstić information content (AvgIpc) is 2.48. The Hall–Kier alpha value is -1.33. The Morgan fingerprint density at radius 1 is 1.60 bits per heavy atom. The first-order valence-corrected chi connectivity index (χ1v) is 7.30. The van der Waals surface area contributed by atoms with Crippen LogP contribution in [0.4, 0.5) is 5.82 Å². The molecule has 0 spiro atoms. The van der Waals surface area contributed by atoms with E-state index >= 15 is 0 Å². The lowest BCUT2D eigenvalue weighted by molar-refractivity contribution is 0.0575. The Labute approximate surface area is 123 Å². The van der Waals surface area contributed by atoms with Gasteiger partial charge < -0.3 is 15.3 Å². The largest absolute Gasteiger partial charge is 0.396 e. The molecule has 20 heavy (non-hydrogen) atoms. The van der Waals surface area contributed by atoms with Crippen LogP contribution in [0.3, 0.4) is 0 Å². The molecule has 0 bridgehead atoms. The molecule has 1 atom stereocenters. The van der Waals surface area contributed by atoms with Gasteiger partial charge in [0.05, 0.1) is 10.6 Å². The number of aromatic nitrogens is 1. The Morgan fingerprint density at radius 2 is 2.40 bits per heavy atom. The maximum atomic E-state index is 12.7. The Kier molecular flexibility index (Phi) is 5.20. The zero-order valence-electron chi connectivity index (χ0n) is 11.6. The molecule has 1 aromatic rings. The smallest absolute Gasteiger partial charge is 0.255 e. The number of nitrogens with one attached hydrogen (secondary N) is 1. The predicted octanol–water partition coefficient (Wildman–Crippen LogP) is 2.15. The SMILES string of the molecule is CNc1cc(C(=O)N2CCCCC2CCO)c(Cl)cn1. The summed E-state index contributed by atoms with van der Waals surface area (Å²) in [5.41, 5.74) is 0.468. The van der Waals surface area contributed by atoms with Gasteiger partial charge in [0.25, 0.3) is 5.91 Å². The molecule has 1 amide bonds. The summed E-state index contributed by atoms with van der Waals surface area (Å²) < 4.78 is 0. The third-order valence-corrected chi connectivity index (χ3v) is 3.99. The van der Waals surface area contributed by atoms with Crippen molar-refractivity contribution in [1.82, 2.24) is 9.88 Å². The molecule has 0 aromatic carbocycles. The van der Waals surface area contributed by atoms with Crippen LogP contribution in [0.25, 0.3) is 0 Å². The van der Waals surface area contributed by atoms with Crippen LogP contribution in [0.15, 0.2) is 12.3 Å². The number of anilines is 1. The summed E-state index contributed by atoms with van der Waals surface area (Å²) in [6, 6.07) is 1.78. The van der Waals surface area contributed by atoms with Crippen molar-refractivity contribution in [3.05, 3.63) is 22.8 Å². The fraction of sp³-hybridized carbons (Fsp3) is 0.571. The van der Waals surface area contributed by atoms with E-state index in [1.54, 1.807) is 13.1 Å². The molecule has 2 rings (SSSR count). The standard InChI is InChI=1S/C14H20ClN3O2/c1-16-13-8-11(12(15)9-17-13)14(20)18-6-3-2-4-10(18)5-7-19/h8-10,19H,2-7H2,1H3,(H,16,17). The minimum Gasteiger partial charge on any atom is -0.396 e. The summed E-state index contributed by atoms with van der Waals surface area (Å²) in [5, 5.41) is 12.4. The minimum absolute atomic E-state index is 0.0768. The van der Waals surface area contributed by atoms with Crippen molar-refractivity contribution in [3.63, 3.8) is 0 Å². The molecule has 0 saturated carbocycles. The van der Waals surface area contributed by atoms with Crippen LogP contribution in [0.2, 0.25) is 5.02 Å². The molecule has 6 heteroatoms. The first-order valence-electron chi connectivity index (χ1n) is 6.92. The third kappa shape index (κ3) is 3.22. The zero-order valence-corrected chi connectivity index (χ0v) is 12.4. The van der Waals surface area contributed by atoms with Crippen LogP contribution in [-0.4, -0.2) is 47.1 Å². The van der Waals surface area contributed by atoms with Gasteiger partial charge in [0.2, 0.25) is 0 Å². The highest BCUT2D eigenvalue weighted by Gasteiger charge is 2.28. The molecular formula is C14H20ClN3O2. The van der Waals surface area contributed by atoms with E-state index in [1.165, 1.54) is 6.20 Å². The minimum atomic E-state index is -0.0768. The zero-order chi connectivity index (χ0) is 14.5. The van der Waals surface area contributed by atoms with Crippen molar-refractivity contribution < 1.29 is 9.90 Å². The molecule has 2 N–H and O–H groups in total. The lowest BCUT2D eigenvalue weighted by atomic mass is 9.98. The molecule has 1 aromatic heterocycles. The van der Waals surface area contributed by atoms with Crippen molar-refractivity contribution in [1.29, 1.82) is 0 Å². The topological polar surface area (TPSA) is 65.5 Å². The Balaban J connectivity index is 2.24. The predicted molar refractivity (Wildman–Crippen MR) is 79.2 cm³/mol. The maximum absolute atomic E-state index is 12.7. The lowest BCUT2D eigenvalue weighted by Gasteiger charge is -2.35. The Morgan fingerprint density at radius 3 is 3.10 bits per heavy atom. The number of amides is 1. The van der Waals surface area contributed by atoms with E-state index in [-0.39, 0.29) is 18.6 Å². The number of rotatable bonds is 4. The summed E-state index contributed by atoms with van der Waals surface area (Å²) in [7, 11) is 1.75. The number of nitrogens with zero attached hydrogens (tertiary/aromatic N) is 2. The summed E-state index contributed by atoms with van der Waals surface area (Å²) >= 11 is 6.10. The third-order valence-electron chi connectivity index (χ3n) is 3.69. The maximum Gasteiger partial charge on any atom is 0.255 e. The molecule has 110 valence electrons. The van der Waals surface area contributed by atoms with Crippen LogP contribution in [0.1, 0.15) is 36.0 Å². The first kappa shape index (κ1) is 15.1. The van der Waals surface area contributed by atoms with E-state index in [9.17, 15) is 4.79 Å². The molecule has 1 unspecified atom stereocenters. The van der Waals surface area contributed by atoms with E-state index in [2.05, 4.69) is 10.3 Å². The molecule has 1 fully saturated rings. The van der Waals surface area contributed by atoms with Gasteiger partial charge in [-0.25, -0.2) is 4.98 Å². The van der Waals surface area contributed by atoms with Crippen molar-refractivity contribution in [2.45, 2.75) is 31.7 Å². The van der Waals surface area contributed by atoms with Gasteiger partial charge in [0, 0.05) is 32.4 Å². The number of carbonyl (C=O) groups is 1. The quantitative estimate of drug-likeness (QED) is 0.894. The number of halogens is 1. The van der Waals surface area contributed by atoms with Crippen LogP contribution < -0.4 is 5.32 Å². The van der Waals surface area contributed by atoms with Gasteiger partial charge in [-0.3, -0.25) is 4.79 Å². The average molecular weight is 298 g/mol. The van der Waals surface area contributed by atoms with Crippen LogP contribution in [0, 0.1) is 0 Å².